The molecule has 6 nitrogen and oxygen atoms in total. The number of nitrogens with one attached hydrogen (secondary N) is 2. The lowest BCUT2D eigenvalue weighted by Crippen LogP contribution is -2.39. The molecule has 2 fully saturated rings. The van der Waals surface area contributed by atoms with Crippen molar-refractivity contribution in [1.29, 1.82) is 0 Å². The molecule has 6 rings (SSSR count). The fourth-order valence-corrected chi connectivity index (χ4v) is 6.12. The molecule has 0 radical (unpaired) electrons. The van der Waals surface area contributed by atoms with Gasteiger partial charge in [-0.15, -0.1) is 0 Å². The molecule has 0 unspecified atom stereocenters. The topological polar surface area (TPSA) is 76.0 Å². The Balaban J connectivity index is 1.28. The monoisotopic (exact) mass is 502 g/mol. The van der Waals surface area contributed by atoms with Gasteiger partial charge in [0.1, 0.15) is 5.82 Å². The van der Waals surface area contributed by atoms with Gasteiger partial charge in [0.25, 0.3) is 0 Å². The SMILES string of the molecule is O=C(Nc1ccnn1-c1ccccc1)[C@H]1[C@H](C(=O)Nc2ccc(Br)cc2)[C@@H]2C=C[C@H]1C21CC1. The van der Waals surface area contributed by atoms with E-state index in [9.17, 15) is 9.59 Å². The number of carbonyl (C=O) groups is 2. The second-order valence-electron chi connectivity index (χ2n) is 9.17. The van der Waals surface area contributed by atoms with Crippen molar-refractivity contribution < 1.29 is 9.59 Å². The Morgan fingerprint density at radius 2 is 1.52 bits per heavy atom. The zero-order valence-electron chi connectivity index (χ0n) is 17.8. The first kappa shape index (κ1) is 20.4. The second-order valence-corrected chi connectivity index (χ2v) is 10.1. The number of benzene rings is 2. The highest BCUT2D eigenvalue weighted by atomic mass is 79.9. The third-order valence-corrected chi connectivity index (χ3v) is 7.98. The molecule has 2 bridgehead atoms. The van der Waals surface area contributed by atoms with Gasteiger partial charge >= 0.3 is 0 Å². The van der Waals surface area contributed by atoms with Crippen LogP contribution in [0.15, 0.2) is 83.5 Å². The first-order chi connectivity index (χ1) is 16.1. The smallest absolute Gasteiger partial charge is 0.230 e. The van der Waals surface area contributed by atoms with Gasteiger partial charge in [-0.1, -0.05) is 46.3 Å². The maximum atomic E-state index is 13.6. The molecule has 2 amide bonds. The van der Waals surface area contributed by atoms with Gasteiger partial charge in [-0.05, 0) is 66.5 Å². The summed E-state index contributed by atoms with van der Waals surface area (Å²) in [5.74, 6) is -0.195. The van der Waals surface area contributed by atoms with Crippen LogP contribution in [0.4, 0.5) is 11.5 Å². The summed E-state index contributed by atoms with van der Waals surface area (Å²) >= 11 is 3.43. The number of nitrogens with zero attached hydrogens (tertiary/aromatic N) is 2. The van der Waals surface area contributed by atoms with E-state index in [0.29, 0.717) is 5.82 Å². The highest BCUT2D eigenvalue weighted by Gasteiger charge is 2.69. The van der Waals surface area contributed by atoms with Crippen LogP contribution < -0.4 is 10.6 Å². The molecule has 1 aromatic heterocycles. The van der Waals surface area contributed by atoms with Crippen molar-refractivity contribution in [2.75, 3.05) is 10.6 Å². The molecule has 3 aromatic rings. The number of hydrogen-bond donors (Lipinski definition) is 2. The fourth-order valence-electron chi connectivity index (χ4n) is 5.85. The van der Waals surface area contributed by atoms with Crippen molar-refractivity contribution in [3.8, 4) is 5.69 Å². The van der Waals surface area contributed by atoms with Crippen LogP contribution in [-0.2, 0) is 9.59 Å². The first-order valence-electron chi connectivity index (χ1n) is 11.2. The van der Waals surface area contributed by atoms with Crippen molar-refractivity contribution >= 4 is 39.2 Å². The van der Waals surface area contributed by atoms with Crippen LogP contribution in [0.1, 0.15) is 12.8 Å². The summed E-state index contributed by atoms with van der Waals surface area (Å²) in [4.78, 5) is 27.1. The van der Waals surface area contributed by atoms with Crippen LogP contribution in [0.25, 0.3) is 5.69 Å². The Bertz CT molecular complexity index is 1250. The molecule has 33 heavy (non-hydrogen) atoms. The van der Waals surface area contributed by atoms with E-state index in [2.05, 4.69) is 43.8 Å². The predicted molar refractivity (Wildman–Crippen MR) is 130 cm³/mol. The van der Waals surface area contributed by atoms with Crippen molar-refractivity contribution in [1.82, 2.24) is 9.78 Å². The highest BCUT2D eigenvalue weighted by Crippen LogP contribution is 2.72. The van der Waals surface area contributed by atoms with Gasteiger partial charge in [0.05, 0.1) is 23.7 Å². The van der Waals surface area contributed by atoms with Crippen LogP contribution in [0.5, 0.6) is 0 Å². The summed E-state index contributed by atoms with van der Waals surface area (Å²) in [6.07, 6.45) is 8.15. The van der Waals surface area contributed by atoms with E-state index in [0.717, 1.165) is 28.7 Å². The molecule has 3 aliphatic carbocycles. The maximum Gasteiger partial charge on any atom is 0.230 e. The first-order valence-corrected chi connectivity index (χ1v) is 12.0. The summed E-state index contributed by atoms with van der Waals surface area (Å²) in [5, 5.41) is 10.5. The quantitative estimate of drug-likeness (QED) is 0.479. The summed E-state index contributed by atoms with van der Waals surface area (Å²) in [6, 6.07) is 19.0. The lowest BCUT2D eigenvalue weighted by Gasteiger charge is -2.26. The van der Waals surface area contributed by atoms with Crippen molar-refractivity contribution in [2.24, 2.45) is 29.1 Å². The molecule has 1 heterocycles. The normalized spacial score (nSPS) is 25.8. The lowest BCUT2D eigenvalue weighted by atomic mass is 9.81. The molecule has 7 heteroatoms. The molecule has 2 saturated carbocycles. The number of rotatable bonds is 5. The van der Waals surface area contributed by atoms with E-state index in [1.165, 1.54) is 0 Å². The van der Waals surface area contributed by atoms with Gasteiger partial charge in [-0.3, -0.25) is 9.59 Å². The Labute approximate surface area is 200 Å². The van der Waals surface area contributed by atoms with Crippen LogP contribution >= 0.6 is 15.9 Å². The second kappa shape index (κ2) is 7.70. The van der Waals surface area contributed by atoms with Gasteiger partial charge in [-0.25, -0.2) is 4.68 Å². The molecule has 0 saturated heterocycles. The molecule has 2 N–H and O–H groups in total. The maximum absolute atomic E-state index is 13.6. The third kappa shape index (κ3) is 3.33. The van der Waals surface area contributed by atoms with E-state index in [-0.39, 0.29) is 35.0 Å². The number of allylic oxidation sites excluding steroid dienone is 2. The van der Waals surface area contributed by atoms with E-state index in [4.69, 9.17) is 0 Å². The predicted octanol–water partition coefficient (Wildman–Crippen LogP) is 5.04. The Kier molecular flexibility index (Phi) is 4.76. The average Bonchev–Trinajstić information content (AvgIpc) is 3.27. The molecule has 166 valence electrons. The molecule has 1 spiro atoms. The minimum atomic E-state index is -0.405. The number of hydrogen-bond acceptors (Lipinski definition) is 3. The van der Waals surface area contributed by atoms with Gasteiger partial charge in [0, 0.05) is 16.2 Å². The van der Waals surface area contributed by atoms with Crippen LogP contribution in [0.3, 0.4) is 0 Å². The van der Waals surface area contributed by atoms with E-state index >= 15 is 0 Å². The van der Waals surface area contributed by atoms with Gasteiger partial charge in [0.15, 0.2) is 0 Å². The summed E-state index contributed by atoms with van der Waals surface area (Å²) in [5.41, 5.74) is 1.68. The minimum Gasteiger partial charge on any atom is -0.326 e. The zero-order chi connectivity index (χ0) is 22.6. The number of halogens is 1. The molecule has 4 atom stereocenters. The lowest BCUT2D eigenvalue weighted by molar-refractivity contribution is -0.129. The number of anilines is 2. The molecular weight excluding hydrogens is 480 g/mol. The van der Waals surface area contributed by atoms with Crippen LogP contribution in [0.2, 0.25) is 0 Å². The zero-order valence-corrected chi connectivity index (χ0v) is 19.4. The Hall–Kier alpha value is -3.19. The van der Waals surface area contributed by atoms with Gasteiger partial charge in [-0.2, -0.15) is 5.10 Å². The van der Waals surface area contributed by atoms with E-state index < -0.39 is 5.92 Å². The van der Waals surface area contributed by atoms with E-state index in [1.807, 2.05) is 54.6 Å². The molecule has 3 aliphatic rings. The van der Waals surface area contributed by atoms with Crippen LogP contribution in [0, 0.1) is 29.1 Å². The minimum absolute atomic E-state index is 0.0728. The van der Waals surface area contributed by atoms with Crippen molar-refractivity contribution in [2.45, 2.75) is 12.8 Å². The van der Waals surface area contributed by atoms with Crippen molar-refractivity contribution in [3.05, 3.63) is 83.5 Å². The molecule has 2 aromatic carbocycles. The van der Waals surface area contributed by atoms with Crippen LogP contribution in [-0.4, -0.2) is 21.6 Å². The number of carbonyl (C=O) groups excluding carboxylic acids is 2. The average molecular weight is 503 g/mol. The standard InChI is InChI=1S/C26H23BrN4O2/c27-16-6-8-17(9-7-16)29-24(32)22-19-10-11-20(26(19)13-14-26)23(22)25(33)30-21-12-15-28-31(21)18-4-2-1-3-5-18/h1-12,15,19-20,22-23H,13-14H2,(H,29,32)(H,30,33)/t19-,20+,22+,23+/m0/s1. The Morgan fingerprint density at radius 1 is 0.879 bits per heavy atom. The number of aromatic nitrogens is 2. The third-order valence-electron chi connectivity index (χ3n) is 7.45. The molecular formula is C26H23BrN4O2. The summed E-state index contributed by atoms with van der Waals surface area (Å²) in [6.45, 7) is 0. The number of para-hydroxylation sites is 1. The van der Waals surface area contributed by atoms with E-state index in [1.54, 1.807) is 16.9 Å². The van der Waals surface area contributed by atoms with Gasteiger partial charge in [0.2, 0.25) is 11.8 Å². The highest BCUT2D eigenvalue weighted by molar-refractivity contribution is 9.10. The largest absolute Gasteiger partial charge is 0.326 e. The van der Waals surface area contributed by atoms with Crippen molar-refractivity contribution in [3.63, 3.8) is 0 Å². The molecule has 0 aliphatic heterocycles. The fraction of sp³-hybridized carbons (Fsp3) is 0.269. The van der Waals surface area contributed by atoms with Gasteiger partial charge < -0.3 is 10.6 Å². The Morgan fingerprint density at radius 3 is 2.15 bits per heavy atom. The summed E-state index contributed by atoms with van der Waals surface area (Å²) < 4.78 is 2.66. The summed E-state index contributed by atoms with van der Waals surface area (Å²) in [7, 11) is 0. The number of amides is 2.